The summed E-state index contributed by atoms with van der Waals surface area (Å²) in [7, 11) is 0. The van der Waals surface area contributed by atoms with Crippen LogP contribution in [0.5, 0.6) is 0 Å². The molecule has 0 amide bonds. The predicted octanol–water partition coefficient (Wildman–Crippen LogP) is 6.04. The molecule has 2 heteroatoms. The van der Waals surface area contributed by atoms with Gasteiger partial charge in [-0.05, 0) is 37.2 Å². The second-order valence-electron chi connectivity index (χ2n) is 8.47. The molecule has 1 heterocycles. The lowest BCUT2D eigenvalue weighted by molar-refractivity contribution is 0.0980. The first-order valence-electron chi connectivity index (χ1n) is 10.8. The molecule has 1 aliphatic heterocycles. The number of carbonyl (C=O) groups is 1. The summed E-state index contributed by atoms with van der Waals surface area (Å²) >= 11 is 0. The molecule has 2 aromatic carbocycles. The molecule has 0 N–H and O–H groups in total. The molecule has 0 radical (unpaired) electrons. The van der Waals surface area contributed by atoms with Gasteiger partial charge in [-0.2, -0.15) is 0 Å². The summed E-state index contributed by atoms with van der Waals surface area (Å²) in [6.07, 6.45) is 7.95. The van der Waals surface area contributed by atoms with Gasteiger partial charge in [-0.3, -0.25) is 9.69 Å². The number of rotatable bonds is 7. The molecule has 28 heavy (non-hydrogen) atoms. The maximum atomic E-state index is 12.5. The van der Waals surface area contributed by atoms with E-state index in [0.717, 1.165) is 24.4 Å². The lowest BCUT2D eigenvalue weighted by Gasteiger charge is -2.34. The lowest BCUT2D eigenvalue weighted by Crippen LogP contribution is -2.39. The number of hydrogen-bond donors (Lipinski definition) is 0. The van der Waals surface area contributed by atoms with Gasteiger partial charge in [0, 0.05) is 30.6 Å². The van der Waals surface area contributed by atoms with Crippen molar-refractivity contribution >= 4 is 5.78 Å². The van der Waals surface area contributed by atoms with Crippen LogP contribution < -0.4 is 0 Å². The predicted molar refractivity (Wildman–Crippen MR) is 115 cm³/mol. The van der Waals surface area contributed by atoms with E-state index in [0.29, 0.717) is 18.5 Å². The second-order valence-corrected chi connectivity index (χ2v) is 8.47. The standard InChI is InChI=1S/C26H31NO/c1-20(16-17-26(28)22-12-6-3-7-13-22)25-18-23-14-8-9-15-24(23)27(25)19-21-10-4-2-5-11-21/h2-7,10-13,23-25H,1,8-9,14-19H2/t23-,24-,25?/m1/s1. The van der Waals surface area contributed by atoms with Crippen LogP contribution in [0.15, 0.2) is 72.8 Å². The molecule has 1 aliphatic carbocycles. The van der Waals surface area contributed by atoms with Crippen LogP contribution in [0.1, 0.15) is 60.9 Å². The van der Waals surface area contributed by atoms with Gasteiger partial charge in [0.25, 0.3) is 0 Å². The SMILES string of the molecule is C=C(CCC(=O)c1ccccc1)C1C[C@H]2CCCC[C@H]2N1Cc1ccccc1. The molecular formula is C26H31NO. The van der Waals surface area contributed by atoms with E-state index in [1.807, 2.05) is 30.3 Å². The highest BCUT2D eigenvalue weighted by molar-refractivity contribution is 5.96. The zero-order chi connectivity index (χ0) is 19.3. The van der Waals surface area contributed by atoms with Gasteiger partial charge in [-0.25, -0.2) is 0 Å². The second kappa shape index (κ2) is 8.87. The van der Waals surface area contributed by atoms with E-state index in [1.54, 1.807) is 0 Å². The number of hydrogen-bond acceptors (Lipinski definition) is 2. The fraction of sp³-hybridized carbons (Fsp3) is 0.423. The third-order valence-corrected chi connectivity index (χ3v) is 6.67. The maximum Gasteiger partial charge on any atom is 0.163 e. The average Bonchev–Trinajstić information content (AvgIpc) is 3.12. The third-order valence-electron chi connectivity index (χ3n) is 6.67. The number of carbonyl (C=O) groups excluding carboxylic acids is 1. The van der Waals surface area contributed by atoms with Gasteiger partial charge in [-0.1, -0.05) is 85.7 Å². The van der Waals surface area contributed by atoms with Crippen LogP contribution in [0.2, 0.25) is 0 Å². The van der Waals surface area contributed by atoms with Crippen LogP contribution in [0, 0.1) is 5.92 Å². The molecule has 1 unspecified atom stereocenters. The van der Waals surface area contributed by atoms with Crippen molar-refractivity contribution in [2.75, 3.05) is 0 Å². The van der Waals surface area contributed by atoms with Crippen molar-refractivity contribution in [2.24, 2.45) is 5.92 Å². The number of benzene rings is 2. The van der Waals surface area contributed by atoms with E-state index in [2.05, 4.69) is 41.8 Å². The normalized spacial score (nSPS) is 24.6. The Morgan fingerprint density at radius 2 is 1.61 bits per heavy atom. The van der Waals surface area contributed by atoms with Gasteiger partial charge < -0.3 is 0 Å². The van der Waals surface area contributed by atoms with E-state index in [-0.39, 0.29) is 5.78 Å². The molecule has 4 rings (SSSR count). The minimum absolute atomic E-state index is 0.228. The fourth-order valence-corrected chi connectivity index (χ4v) is 5.18. The van der Waals surface area contributed by atoms with Gasteiger partial charge in [-0.15, -0.1) is 0 Å². The van der Waals surface area contributed by atoms with Crippen LogP contribution in [-0.2, 0) is 6.54 Å². The summed E-state index contributed by atoms with van der Waals surface area (Å²) in [5.74, 6) is 1.02. The molecule has 2 aliphatic rings. The Morgan fingerprint density at radius 1 is 0.929 bits per heavy atom. The van der Waals surface area contributed by atoms with Crippen molar-refractivity contribution in [1.82, 2.24) is 4.90 Å². The summed E-state index contributed by atoms with van der Waals surface area (Å²) in [5.41, 5.74) is 3.44. The minimum atomic E-state index is 0.228. The van der Waals surface area contributed by atoms with Crippen LogP contribution in [0.3, 0.4) is 0 Å². The Kier molecular flexibility index (Phi) is 6.07. The average molecular weight is 374 g/mol. The number of Topliss-reactive ketones (excluding diaryl/α,β-unsaturated/α-hetero) is 1. The van der Waals surface area contributed by atoms with Gasteiger partial charge in [0.05, 0.1) is 0 Å². The number of likely N-dealkylation sites (tertiary alicyclic amines) is 1. The largest absolute Gasteiger partial charge is 0.294 e. The van der Waals surface area contributed by atoms with E-state index in [4.69, 9.17) is 0 Å². The highest BCUT2D eigenvalue weighted by atomic mass is 16.1. The zero-order valence-electron chi connectivity index (χ0n) is 16.7. The molecule has 0 aromatic heterocycles. The van der Waals surface area contributed by atoms with Crippen molar-refractivity contribution in [3.05, 3.63) is 83.9 Å². The molecule has 3 atom stereocenters. The third kappa shape index (κ3) is 4.28. The maximum absolute atomic E-state index is 12.5. The number of ketones is 1. The molecular weight excluding hydrogens is 342 g/mol. The topological polar surface area (TPSA) is 20.3 Å². The summed E-state index contributed by atoms with van der Waals surface area (Å²) in [4.78, 5) is 15.2. The Labute approximate surface area is 169 Å². The molecule has 1 saturated heterocycles. The molecule has 0 bridgehead atoms. The fourth-order valence-electron chi connectivity index (χ4n) is 5.18. The van der Waals surface area contributed by atoms with Crippen LogP contribution in [-0.4, -0.2) is 22.8 Å². The molecule has 2 fully saturated rings. The van der Waals surface area contributed by atoms with Gasteiger partial charge in [0.15, 0.2) is 5.78 Å². The van der Waals surface area contributed by atoms with Crippen molar-refractivity contribution < 1.29 is 4.79 Å². The number of fused-ring (bicyclic) bond motifs is 1. The van der Waals surface area contributed by atoms with Crippen molar-refractivity contribution in [2.45, 2.75) is 63.6 Å². The first-order chi connectivity index (χ1) is 13.7. The number of nitrogens with zero attached hydrogens (tertiary/aromatic N) is 1. The Bertz CT molecular complexity index is 798. The smallest absolute Gasteiger partial charge is 0.163 e. The van der Waals surface area contributed by atoms with E-state index in [1.165, 1.54) is 43.2 Å². The summed E-state index contributed by atoms with van der Waals surface area (Å²) < 4.78 is 0. The molecule has 1 saturated carbocycles. The highest BCUT2D eigenvalue weighted by Crippen LogP contribution is 2.43. The van der Waals surface area contributed by atoms with Crippen LogP contribution in [0.4, 0.5) is 0 Å². The molecule has 0 spiro atoms. The van der Waals surface area contributed by atoms with Crippen molar-refractivity contribution in [3.63, 3.8) is 0 Å². The molecule has 2 aromatic rings. The summed E-state index contributed by atoms with van der Waals surface area (Å²) in [6, 6.07) is 21.6. The first kappa shape index (κ1) is 19.1. The summed E-state index contributed by atoms with van der Waals surface area (Å²) in [5, 5.41) is 0. The Balaban J connectivity index is 1.44. The molecule has 2 nitrogen and oxygen atoms in total. The first-order valence-corrected chi connectivity index (χ1v) is 10.8. The van der Waals surface area contributed by atoms with Gasteiger partial charge >= 0.3 is 0 Å². The van der Waals surface area contributed by atoms with Gasteiger partial charge in [0.1, 0.15) is 0 Å². The van der Waals surface area contributed by atoms with Crippen molar-refractivity contribution in [1.29, 1.82) is 0 Å². The Hall–Kier alpha value is -2.19. The lowest BCUT2D eigenvalue weighted by atomic mass is 9.84. The highest BCUT2D eigenvalue weighted by Gasteiger charge is 2.42. The Morgan fingerprint density at radius 3 is 2.36 bits per heavy atom. The van der Waals surface area contributed by atoms with E-state index in [9.17, 15) is 4.79 Å². The summed E-state index contributed by atoms with van der Waals surface area (Å²) in [6.45, 7) is 5.46. The van der Waals surface area contributed by atoms with E-state index >= 15 is 0 Å². The zero-order valence-corrected chi connectivity index (χ0v) is 16.7. The minimum Gasteiger partial charge on any atom is -0.294 e. The van der Waals surface area contributed by atoms with Crippen molar-refractivity contribution in [3.8, 4) is 0 Å². The van der Waals surface area contributed by atoms with E-state index < -0.39 is 0 Å². The van der Waals surface area contributed by atoms with Crippen LogP contribution in [0.25, 0.3) is 0 Å². The molecule has 146 valence electrons. The van der Waals surface area contributed by atoms with Gasteiger partial charge in [0.2, 0.25) is 0 Å². The van der Waals surface area contributed by atoms with Crippen LogP contribution >= 0.6 is 0 Å². The monoisotopic (exact) mass is 373 g/mol. The quantitative estimate of drug-likeness (QED) is 0.436.